The van der Waals surface area contributed by atoms with Crippen LogP contribution in [0.1, 0.15) is 43.5 Å². The molecule has 1 amide bonds. The molecule has 2 fully saturated rings. The molecule has 2 saturated heterocycles. The molecule has 0 bridgehead atoms. The van der Waals surface area contributed by atoms with Crippen molar-refractivity contribution in [2.75, 3.05) is 49.2 Å². The van der Waals surface area contributed by atoms with Gasteiger partial charge >= 0.3 is 0 Å². The minimum Gasteiger partial charge on any atom is -0.378 e. The van der Waals surface area contributed by atoms with Gasteiger partial charge in [0.15, 0.2) is 5.82 Å². The van der Waals surface area contributed by atoms with E-state index in [1.54, 1.807) is 0 Å². The maximum absolute atomic E-state index is 12.9. The Labute approximate surface area is 177 Å². The summed E-state index contributed by atoms with van der Waals surface area (Å²) in [6.45, 7) is 7.13. The molecule has 0 aliphatic carbocycles. The van der Waals surface area contributed by atoms with Gasteiger partial charge in [-0.3, -0.25) is 4.79 Å². The van der Waals surface area contributed by atoms with Gasteiger partial charge < -0.3 is 19.9 Å². The highest BCUT2D eigenvalue weighted by molar-refractivity contribution is 5.83. The third kappa shape index (κ3) is 4.87. The van der Waals surface area contributed by atoms with Crippen molar-refractivity contribution in [1.29, 1.82) is 0 Å². The molecule has 0 saturated carbocycles. The van der Waals surface area contributed by atoms with Crippen LogP contribution in [0.4, 0.5) is 11.9 Å². The molecule has 3 heterocycles. The molecule has 1 atom stereocenters. The number of aromatic nitrogens is 3. The van der Waals surface area contributed by atoms with Crippen LogP contribution >= 0.6 is 0 Å². The van der Waals surface area contributed by atoms with Crippen molar-refractivity contribution in [2.24, 2.45) is 0 Å². The fourth-order valence-electron chi connectivity index (χ4n) is 3.98. The molecule has 30 heavy (non-hydrogen) atoms. The Morgan fingerprint density at radius 1 is 1.00 bits per heavy atom. The molecule has 1 N–H and O–H groups in total. The predicted octanol–water partition coefficient (Wildman–Crippen LogP) is 2.12. The average molecular weight is 411 g/mol. The van der Waals surface area contributed by atoms with Crippen molar-refractivity contribution in [2.45, 2.75) is 38.6 Å². The zero-order chi connectivity index (χ0) is 20.8. The fraction of sp³-hybridized carbons (Fsp3) is 0.545. The Bertz CT molecular complexity index is 835. The van der Waals surface area contributed by atoms with Gasteiger partial charge in [-0.05, 0) is 24.8 Å². The SMILES string of the molecule is CCC(C(=O)NCc1nc(N2CCCC2)nc(N2CCOCC2)n1)c1ccccc1. The molecule has 8 nitrogen and oxygen atoms in total. The summed E-state index contributed by atoms with van der Waals surface area (Å²) in [5, 5.41) is 3.04. The largest absolute Gasteiger partial charge is 0.378 e. The number of nitrogens with one attached hydrogen (secondary N) is 1. The molecule has 0 spiro atoms. The van der Waals surface area contributed by atoms with Gasteiger partial charge in [-0.25, -0.2) is 0 Å². The van der Waals surface area contributed by atoms with Crippen LogP contribution in [-0.2, 0) is 16.1 Å². The number of anilines is 2. The number of rotatable bonds is 7. The van der Waals surface area contributed by atoms with E-state index in [0.29, 0.717) is 37.5 Å². The minimum atomic E-state index is -0.176. The summed E-state index contributed by atoms with van der Waals surface area (Å²) in [7, 11) is 0. The molecule has 1 unspecified atom stereocenters. The number of nitrogens with zero attached hydrogens (tertiary/aromatic N) is 5. The zero-order valence-corrected chi connectivity index (χ0v) is 17.6. The average Bonchev–Trinajstić information content (AvgIpc) is 3.34. The normalized spacial score (nSPS) is 17.8. The summed E-state index contributed by atoms with van der Waals surface area (Å²) in [5.41, 5.74) is 1.03. The second-order valence-electron chi connectivity index (χ2n) is 7.73. The van der Waals surface area contributed by atoms with Gasteiger partial charge in [0.25, 0.3) is 0 Å². The first-order chi connectivity index (χ1) is 14.7. The quantitative estimate of drug-likeness (QED) is 0.748. The highest BCUT2D eigenvalue weighted by Gasteiger charge is 2.22. The van der Waals surface area contributed by atoms with E-state index in [9.17, 15) is 4.79 Å². The topological polar surface area (TPSA) is 83.5 Å². The van der Waals surface area contributed by atoms with Crippen molar-refractivity contribution >= 4 is 17.8 Å². The van der Waals surface area contributed by atoms with Crippen molar-refractivity contribution in [3.8, 4) is 0 Å². The van der Waals surface area contributed by atoms with Crippen LogP contribution in [0.25, 0.3) is 0 Å². The van der Waals surface area contributed by atoms with Gasteiger partial charge in [-0.15, -0.1) is 0 Å². The van der Waals surface area contributed by atoms with Crippen LogP contribution in [0.2, 0.25) is 0 Å². The number of hydrogen-bond donors (Lipinski definition) is 1. The lowest BCUT2D eigenvalue weighted by Gasteiger charge is -2.28. The van der Waals surface area contributed by atoms with E-state index in [4.69, 9.17) is 9.72 Å². The molecule has 2 aliphatic heterocycles. The van der Waals surface area contributed by atoms with E-state index < -0.39 is 0 Å². The summed E-state index contributed by atoms with van der Waals surface area (Å²) in [5.74, 6) is 1.81. The Hall–Kier alpha value is -2.74. The highest BCUT2D eigenvalue weighted by Crippen LogP contribution is 2.21. The lowest BCUT2D eigenvalue weighted by atomic mass is 9.96. The lowest BCUT2D eigenvalue weighted by molar-refractivity contribution is -0.122. The van der Waals surface area contributed by atoms with E-state index in [2.05, 4.69) is 25.1 Å². The minimum absolute atomic E-state index is 0.000225. The number of amides is 1. The molecular weight excluding hydrogens is 380 g/mol. The van der Waals surface area contributed by atoms with Crippen LogP contribution in [0.15, 0.2) is 30.3 Å². The second kappa shape index (κ2) is 9.84. The van der Waals surface area contributed by atoms with Gasteiger partial charge in [-0.2, -0.15) is 15.0 Å². The number of carbonyl (C=O) groups excluding carboxylic acids is 1. The zero-order valence-electron chi connectivity index (χ0n) is 17.6. The summed E-state index contributed by atoms with van der Waals surface area (Å²) in [4.78, 5) is 31.3. The number of benzene rings is 1. The van der Waals surface area contributed by atoms with Crippen molar-refractivity contribution in [1.82, 2.24) is 20.3 Å². The molecule has 2 aromatic rings. The van der Waals surface area contributed by atoms with Crippen LogP contribution in [0, 0.1) is 0 Å². The molecule has 1 aromatic carbocycles. The van der Waals surface area contributed by atoms with E-state index in [1.807, 2.05) is 37.3 Å². The maximum Gasteiger partial charge on any atom is 0.230 e. The number of carbonyl (C=O) groups is 1. The molecule has 1 aromatic heterocycles. The van der Waals surface area contributed by atoms with E-state index >= 15 is 0 Å². The molecule has 0 radical (unpaired) electrons. The Morgan fingerprint density at radius 3 is 2.27 bits per heavy atom. The van der Waals surface area contributed by atoms with Gasteiger partial charge in [0.2, 0.25) is 17.8 Å². The Kier molecular flexibility index (Phi) is 6.74. The van der Waals surface area contributed by atoms with Crippen LogP contribution in [0.3, 0.4) is 0 Å². The summed E-state index contributed by atoms with van der Waals surface area (Å²) < 4.78 is 5.46. The molecule has 8 heteroatoms. The van der Waals surface area contributed by atoms with Crippen LogP contribution in [0.5, 0.6) is 0 Å². The number of hydrogen-bond acceptors (Lipinski definition) is 7. The highest BCUT2D eigenvalue weighted by atomic mass is 16.5. The first kappa shape index (κ1) is 20.5. The van der Waals surface area contributed by atoms with Gasteiger partial charge in [0.05, 0.1) is 25.7 Å². The maximum atomic E-state index is 12.9. The summed E-state index contributed by atoms with van der Waals surface area (Å²) in [6, 6.07) is 9.89. The van der Waals surface area contributed by atoms with Crippen molar-refractivity contribution in [3.05, 3.63) is 41.7 Å². The second-order valence-corrected chi connectivity index (χ2v) is 7.73. The smallest absolute Gasteiger partial charge is 0.230 e. The molecule has 160 valence electrons. The third-order valence-electron chi connectivity index (χ3n) is 5.69. The molecule has 4 rings (SSSR count). The van der Waals surface area contributed by atoms with E-state index in [0.717, 1.165) is 51.0 Å². The van der Waals surface area contributed by atoms with Crippen LogP contribution in [-0.4, -0.2) is 60.3 Å². The number of morpholine rings is 1. The van der Waals surface area contributed by atoms with Crippen LogP contribution < -0.4 is 15.1 Å². The molecular formula is C22H30N6O2. The first-order valence-corrected chi connectivity index (χ1v) is 10.9. The standard InChI is InChI=1S/C22H30N6O2/c1-2-18(17-8-4-3-5-9-17)20(29)23-16-19-24-21(27-10-6-7-11-27)26-22(25-19)28-12-14-30-15-13-28/h3-5,8-9,18H,2,6-7,10-16H2,1H3,(H,23,29). The van der Waals surface area contributed by atoms with Crippen molar-refractivity contribution < 1.29 is 9.53 Å². The third-order valence-corrected chi connectivity index (χ3v) is 5.69. The van der Waals surface area contributed by atoms with E-state index in [1.165, 1.54) is 0 Å². The Morgan fingerprint density at radius 2 is 1.63 bits per heavy atom. The van der Waals surface area contributed by atoms with Gasteiger partial charge in [0.1, 0.15) is 0 Å². The lowest BCUT2D eigenvalue weighted by Crippen LogP contribution is -2.38. The van der Waals surface area contributed by atoms with Gasteiger partial charge in [-0.1, -0.05) is 37.3 Å². The summed E-state index contributed by atoms with van der Waals surface area (Å²) >= 11 is 0. The monoisotopic (exact) mass is 410 g/mol. The number of ether oxygens (including phenoxy) is 1. The fourth-order valence-corrected chi connectivity index (χ4v) is 3.98. The molecule has 2 aliphatic rings. The Balaban J connectivity index is 1.50. The summed E-state index contributed by atoms with van der Waals surface area (Å²) in [6.07, 6.45) is 3.05. The predicted molar refractivity (Wildman–Crippen MR) is 116 cm³/mol. The first-order valence-electron chi connectivity index (χ1n) is 10.9. The van der Waals surface area contributed by atoms with Crippen molar-refractivity contribution in [3.63, 3.8) is 0 Å². The van der Waals surface area contributed by atoms with Gasteiger partial charge in [0, 0.05) is 26.2 Å². The van der Waals surface area contributed by atoms with E-state index in [-0.39, 0.29) is 11.8 Å².